The highest BCUT2D eigenvalue weighted by molar-refractivity contribution is 6.31. The molecule has 0 bridgehead atoms. The highest BCUT2D eigenvalue weighted by atomic mass is 35.5. The molecule has 1 aromatic carbocycles. The Hall–Kier alpha value is -2.64. The number of hydrogen-bond acceptors (Lipinski definition) is 5. The van der Waals surface area contributed by atoms with Crippen LogP contribution < -0.4 is 15.1 Å². The van der Waals surface area contributed by atoms with E-state index in [-0.39, 0.29) is 36.4 Å². The fourth-order valence-corrected chi connectivity index (χ4v) is 4.37. The molecule has 1 N–H and O–H groups in total. The lowest BCUT2D eigenvalue weighted by Crippen LogP contribution is -2.45. The van der Waals surface area contributed by atoms with Crippen molar-refractivity contribution in [2.75, 3.05) is 29.4 Å². The first-order chi connectivity index (χ1) is 14.9. The largest absolute Gasteiger partial charge is 0.372 e. The third kappa shape index (κ3) is 5.17. The molecule has 0 aliphatic carbocycles. The minimum absolute atomic E-state index is 0.0672. The molecule has 0 spiro atoms. The second-order valence-electron chi connectivity index (χ2n) is 8.29. The van der Waals surface area contributed by atoms with Gasteiger partial charge >= 0.3 is 0 Å². The van der Waals surface area contributed by atoms with Gasteiger partial charge in [0.25, 0.3) is 0 Å². The normalized spacial score (nSPS) is 23.8. The van der Waals surface area contributed by atoms with Crippen LogP contribution in [0.15, 0.2) is 42.6 Å². The van der Waals surface area contributed by atoms with Crippen molar-refractivity contribution >= 4 is 34.9 Å². The number of nitrogens with zero attached hydrogens (tertiary/aromatic N) is 3. The van der Waals surface area contributed by atoms with Crippen molar-refractivity contribution in [1.82, 2.24) is 10.3 Å². The van der Waals surface area contributed by atoms with Crippen LogP contribution in [0.1, 0.15) is 25.8 Å². The van der Waals surface area contributed by atoms with Crippen LogP contribution in [0, 0.1) is 5.92 Å². The van der Waals surface area contributed by atoms with E-state index in [4.69, 9.17) is 16.3 Å². The molecule has 0 saturated carbocycles. The van der Waals surface area contributed by atoms with Crippen molar-refractivity contribution in [3.63, 3.8) is 0 Å². The number of halogens is 1. The van der Waals surface area contributed by atoms with Crippen LogP contribution in [0.4, 0.5) is 11.5 Å². The predicted octanol–water partition coefficient (Wildman–Crippen LogP) is 3.02. The van der Waals surface area contributed by atoms with Gasteiger partial charge in [-0.25, -0.2) is 4.98 Å². The fourth-order valence-electron chi connectivity index (χ4n) is 4.18. The highest BCUT2D eigenvalue weighted by Crippen LogP contribution is 2.27. The first-order valence-electron chi connectivity index (χ1n) is 10.6. The van der Waals surface area contributed by atoms with Gasteiger partial charge < -0.3 is 19.9 Å². The first kappa shape index (κ1) is 21.6. The first-order valence-corrected chi connectivity index (χ1v) is 11.0. The summed E-state index contributed by atoms with van der Waals surface area (Å²) in [4.78, 5) is 33.4. The summed E-state index contributed by atoms with van der Waals surface area (Å²) in [7, 11) is 0. The maximum atomic E-state index is 12.6. The quantitative estimate of drug-likeness (QED) is 0.770. The number of pyridine rings is 1. The van der Waals surface area contributed by atoms with Gasteiger partial charge in [-0.2, -0.15) is 0 Å². The standard InChI is InChI=1S/C23H27ClN4O3/c1-15-12-27(13-16(2)31-15)21-7-6-17(10-25-21)11-26-23(30)18-8-22(29)28(14-18)20-5-3-4-19(24)9-20/h3-7,9-10,15-16,18H,8,11-14H2,1-2H3,(H,26,30). The second kappa shape index (κ2) is 9.24. The summed E-state index contributed by atoms with van der Waals surface area (Å²) >= 11 is 6.03. The summed E-state index contributed by atoms with van der Waals surface area (Å²) in [5, 5.41) is 3.51. The van der Waals surface area contributed by atoms with Crippen molar-refractivity contribution < 1.29 is 14.3 Å². The smallest absolute Gasteiger partial charge is 0.227 e. The van der Waals surface area contributed by atoms with Gasteiger partial charge in [0.1, 0.15) is 5.82 Å². The van der Waals surface area contributed by atoms with E-state index in [0.717, 1.165) is 30.2 Å². The molecule has 1 aromatic heterocycles. The van der Waals surface area contributed by atoms with Gasteiger partial charge in [0.05, 0.1) is 18.1 Å². The average Bonchev–Trinajstić information content (AvgIpc) is 3.13. The van der Waals surface area contributed by atoms with Crippen molar-refractivity contribution in [1.29, 1.82) is 0 Å². The molecule has 164 valence electrons. The molecule has 2 amide bonds. The maximum absolute atomic E-state index is 12.6. The van der Waals surface area contributed by atoms with Gasteiger partial charge in [0, 0.05) is 49.5 Å². The van der Waals surface area contributed by atoms with E-state index in [1.807, 2.05) is 18.2 Å². The molecule has 4 rings (SSSR count). The van der Waals surface area contributed by atoms with E-state index >= 15 is 0 Å². The summed E-state index contributed by atoms with van der Waals surface area (Å²) < 4.78 is 5.77. The zero-order valence-electron chi connectivity index (χ0n) is 17.8. The van der Waals surface area contributed by atoms with Crippen LogP contribution in [0.25, 0.3) is 0 Å². The van der Waals surface area contributed by atoms with Gasteiger partial charge in [-0.15, -0.1) is 0 Å². The molecular weight excluding hydrogens is 416 g/mol. The number of benzene rings is 1. The van der Waals surface area contributed by atoms with Crippen molar-refractivity contribution in [3.05, 3.63) is 53.2 Å². The Bertz CT molecular complexity index is 942. The van der Waals surface area contributed by atoms with Crippen molar-refractivity contribution in [2.24, 2.45) is 5.92 Å². The maximum Gasteiger partial charge on any atom is 0.227 e. The highest BCUT2D eigenvalue weighted by Gasteiger charge is 2.35. The van der Waals surface area contributed by atoms with Crippen molar-refractivity contribution in [2.45, 2.75) is 39.0 Å². The number of nitrogens with one attached hydrogen (secondary N) is 1. The van der Waals surface area contributed by atoms with Crippen LogP contribution in [0.5, 0.6) is 0 Å². The summed E-state index contributed by atoms with van der Waals surface area (Å²) in [5.41, 5.74) is 1.64. The van der Waals surface area contributed by atoms with Crippen LogP contribution in [0.3, 0.4) is 0 Å². The molecule has 2 saturated heterocycles. The lowest BCUT2D eigenvalue weighted by molar-refractivity contribution is -0.126. The van der Waals surface area contributed by atoms with Gasteiger partial charge in [0.15, 0.2) is 0 Å². The Morgan fingerprint density at radius 2 is 1.97 bits per heavy atom. The molecule has 2 aromatic rings. The Kier molecular flexibility index (Phi) is 6.43. The second-order valence-corrected chi connectivity index (χ2v) is 8.73. The number of hydrogen-bond donors (Lipinski definition) is 1. The molecule has 0 radical (unpaired) electrons. The topological polar surface area (TPSA) is 74.8 Å². The number of carbonyl (C=O) groups is 2. The molecule has 3 unspecified atom stereocenters. The molecule has 8 heteroatoms. The van der Waals surface area contributed by atoms with Crippen LogP contribution in [0.2, 0.25) is 5.02 Å². The summed E-state index contributed by atoms with van der Waals surface area (Å²) in [6, 6.07) is 11.1. The minimum Gasteiger partial charge on any atom is -0.372 e. The third-order valence-corrected chi connectivity index (χ3v) is 5.87. The van der Waals surface area contributed by atoms with Gasteiger partial charge in [-0.3, -0.25) is 9.59 Å². The number of rotatable bonds is 5. The Balaban J connectivity index is 1.31. The zero-order valence-corrected chi connectivity index (χ0v) is 18.5. The fraction of sp³-hybridized carbons (Fsp3) is 0.435. The zero-order chi connectivity index (χ0) is 22.0. The Morgan fingerprint density at radius 1 is 1.19 bits per heavy atom. The van der Waals surface area contributed by atoms with Gasteiger partial charge in [-0.05, 0) is 43.7 Å². The summed E-state index contributed by atoms with van der Waals surface area (Å²) in [6.45, 7) is 6.49. The number of ether oxygens (including phenoxy) is 1. The number of morpholine rings is 1. The number of carbonyl (C=O) groups excluding carboxylic acids is 2. The lowest BCUT2D eigenvalue weighted by atomic mass is 10.1. The number of amides is 2. The van der Waals surface area contributed by atoms with Crippen LogP contribution in [-0.4, -0.2) is 48.6 Å². The SMILES string of the molecule is CC1CN(c2ccc(CNC(=O)C3CC(=O)N(c4cccc(Cl)c4)C3)cn2)CC(C)O1. The number of aromatic nitrogens is 1. The minimum atomic E-state index is -0.380. The molecule has 2 fully saturated rings. The third-order valence-electron chi connectivity index (χ3n) is 5.64. The van der Waals surface area contributed by atoms with E-state index in [1.165, 1.54) is 0 Å². The molecule has 7 nitrogen and oxygen atoms in total. The Morgan fingerprint density at radius 3 is 2.65 bits per heavy atom. The van der Waals surface area contributed by atoms with Crippen molar-refractivity contribution in [3.8, 4) is 0 Å². The lowest BCUT2D eigenvalue weighted by Gasteiger charge is -2.36. The molecule has 31 heavy (non-hydrogen) atoms. The van der Waals surface area contributed by atoms with Gasteiger partial charge in [0.2, 0.25) is 11.8 Å². The van der Waals surface area contributed by atoms with E-state index in [1.54, 1.807) is 29.3 Å². The molecule has 2 aliphatic heterocycles. The summed E-state index contributed by atoms with van der Waals surface area (Å²) in [6.07, 6.45) is 2.33. The van der Waals surface area contributed by atoms with Crippen LogP contribution in [-0.2, 0) is 20.9 Å². The molecule has 3 atom stereocenters. The molecular formula is C23H27ClN4O3. The Labute approximate surface area is 187 Å². The predicted molar refractivity (Wildman–Crippen MR) is 120 cm³/mol. The molecule has 3 heterocycles. The van der Waals surface area contributed by atoms with Gasteiger partial charge in [-0.1, -0.05) is 23.7 Å². The number of anilines is 2. The summed E-state index contributed by atoms with van der Waals surface area (Å²) in [5.74, 6) is 0.339. The van der Waals surface area contributed by atoms with E-state index in [0.29, 0.717) is 18.1 Å². The van der Waals surface area contributed by atoms with E-state index in [2.05, 4.69) is 29.0 Å². The van der Waals surface area contributed by atoms with Crippen LogP contribution >= 0.6 is 11.6 Å². The average molecular weight is 443 g/mol. The molecule has 2 aliphatic rings. The van der Waals surface area contributed by atoms with E-state index in [9.17, 15) is 9.59 Å². The monoisotopic (exact) mass is 442 g/mol. The van der Waals surface area contributed by atoms with E-state index < -0.39 is 0 Å².